The number of rotatable bonds is 7. The van der Waals surface area contributed by atoms with E-state index in [-0.39, 0.29) is 25.5 Å². The molecular formula is C25H27ClN4O3. The Hall–Kier alpha value is -3.71. The van der Waals surface area contributed by atoms with Crippen molar-refractivity contribution in [2.45, 2.75) is 13.8 Å². The molecule has 0 spiro atoms. The first-order valence-corrected chi connectivity index (χ1v) is 10.2. The topological polar surface area (TPSA) is 95.4 Å². The zero-order valence-corrected chi connectivity index (χ0v) is 18.7. The van der Waals surface area contributed by atoms with E-state index >= 15 is 0 Å². The molecule has 0 aliphatic carbocycles. The Morgan fingerprint density at radius 3 is 2.30 bits per heavy atom. The molecule has 3 aromatic rings. The molecule has 0 fully saturated rings. The van der Waals surface area contributed by atoms with Gasteiger partial charge in [0, 0.05) is 42.7 Å². The fourth-order valence-electron chi connectivity index (χ4n) is 2.99. The van der Waals surface area contributed by atoms with Crippen LogP contribution >= 0.6 is 11.6 Å². The van der Waals surface area contributed by atoms with Crippen LogP contribution in [0.3, 0.4) is 0 Å². The first-order valence-electron chi connectivity index (χ1n) is 9.78. The predicted molar refractivity (Wildman–Crippen MR) is 132 cm³/mol. The van der Waals surface area contributed by atoms with Gasteiger partial charge in [0.25, 0.3) is 5.91 Å². The molecule has 7 nitrogen and oxygen atoms in total. The molecule has 0 bridgehead atoms. The van der Waals surface area contributed by atoms with E-state index in [1.807, 2.05) is 0 Å². The Balaban J connectivity index is 0.00000385. The largest absolute Gasteiger partial charge is 0.497 e. The summed E-state index contributed by atoms with van der Waals surface area (Å²) in [5, 5.41) is 11.3. The van der Waals surface area contributed by atoms with Crippen LogP contribution in [-0.4, -0.2) is 48.6 Å². The number of nitrogens with one attached hydrogen (secondary N) is 2. The van der Waals surface area contributed by atoms with E-state index in [9.17, 15) is 9.59 Å². The van der Waals surface area contributed by atoms with E-state index in [1.165, 1.54) is 13.3 Å². The van der Waals surface area contributed by atoms with Crippen molar-refractivity contribution in [3.63, 3.8) is 0 Å². The summed E-state index contributed by atoms with van der Waals surface area (Å²) in [6.45, 7) is 0. The molecule has 2 aromatic carbocycles. The molecule has 0 radical (unpaired) electrons. The maximum Gasteiger partial charge on any atom is 0.255 e. The van der Waals surface area contributed by atoms with Gasteiger partial charge < -0.3 is 15.0 Å². The van der Waals surface area contributed by atoms with Crippen LogP contribution in [0.25, 0.3) is 0 Å². The fourth-order valence-corrected chi connectivity index (χ4v) is 3.10. The van der Waals surface area contributed by atoms with E-state index in [2.05, 4.69) is 10.3 Å². The predicted octanol–water partition coefficient (Wildman–Crippen LogP) is 4.94. The Kier molecular flexibility index (Phi) is 8.70. The summed E-state index contributed by atoms with van der Waals surface area (Å²) in [5.74, 6) is 0.262. The van der Waals surface area contributed by atoms with Crippen molar-refractivity contribution in [3.8, 4) is 5.75 Å². The van der Waals surface area contributed by atoms with Crippen LogP contribution in [0.2, 0.25) is 5.02 Å². The molecule has 0 atom stereocenters. The van der Waals surface area contributed by atoms with Crippen LogP contribution in [0, 0.1) is 5.41 Å². The first kappa shape index (κ1) is 25.5. The summed E-state index contributed by atoms with van der Waals surface area (Å²) in [6.07, 6.45) is 1.53. The number of Topliss-reactive ketones (excluding diaryl/α,β-unsaturated/α-hetero) is 1. The lowest BCUT2D eigenvalue weighted by Crippen LogP contribution is -2.22. The molecule has 0 saturated heterocycles. The minimum absolute atomic E-state index is 0. The van der Waals surface area contributed by atoms with Gasteiger partial charge in [-0.05, 0) is 42.5 Å². The molecule has 0 unspecified atom stereocenters. The highest BCUT2D eigenvalue weighted by molar-refractivity contribution is 6.30. The smallest absolute Gasteiger partial charge is 0.255 e. The van der Waals surface area contributed by atoms with Gasteiger partial charge in [0.1, 0.15) is 11.6 Å². The van der Waals surface area contributed by atoms with Crippen molar-refractivity contribution in [2.75, 3.05) is 26.5 Å². The Morgan fingerprint density at radius 1 is 1.06 bits per heavy atom. The molecule has 8 heteroatoms. The normalized spacial score (nSPS) is 10.1. The van der Waals surface area contributed by atoms with Crippen molar-refractivity contribution in [2.24, 2.45) is 0 Å². The standard InChI is InChI=1S/C24H23ClN4O3.CH4/c1-29(2)23(26)15-4-6-16(7-5-15)24(31)28-21-11-10-19(32-3)13-20(21)22(30)12-18-9-8-17(25)14-27-18;/h4-11,13-14,26H,12H2,1-3H3,(H,28,31);1H4. The molecule has 0 saturated carbocycles. The zero-order valence-electron chi connectivity index (χ0n) is 18.0. The first-order chi connectivity index (χ1) is 15.3. The highest BCUT2D eigenvalue weighted by atomic mass is 35.5. The third kappa shape index (κ3) is 6.40. The number of aromatic nitrogens is 1. The number of benzene rings is 2. The SMILES string of the molecule is C.COc1ccc(NC(=O)c2ccc(C(=N)N(C)C)cc2)c(C(=O)Cc2ccc(Cl)cn2)c1. The van der Waals surface area contributed by atoms with E-state index in [0.717, 1.165) is 0 Å². The number of anilines is 1. The maximum atomic E-state index is 13.0. The van der Waals surface area contributed by atoms with Gasteiger partial charge in [0.05, 0.1) is 24.2 Å². The summed E-state index contributed by atoms with van der Waals surface area (Å²) in [6, 6.07) is 15.0. The van der Waals surface area contributed by atoms with Crippen LogP contribution in [0.5, 0.6) is 5.75 Å². The molecular weight excluding hydrogens is 440 g/mol. The molecule has 33 heavy (non-hydrogen) atoms. The highest BCUT2D eigenvalue weighted by Crippen LogP contribution is 2.24. The Morgan fingerprint density at radius 2 is 1.73 bits per heavy atom. The maximum absolute atomic E-state index is 13.0. The number of nitrogens with zero attached hydrogens (tertiary/aromatic N) is 2. The van der Waals surface area contributed by atoms with Crippen LogP contribution in [-0.2, 0) is 6.42 Å². The lowest BCUT2D eigenvalue weighted by molar-refractivity contribution is 0.0992. The molecule has 1 heterocycles. The van der Waals surface area contributed by atoms with E-state index in [4.69, 9.17) is 21.7 Å². The average molecular weight is 467 g/mol. The molecule has 2 N–H and O–H groups in total. The van der Waals surface area contributed by atoms with Crippen LogP contribution in [0.1, 0.15) is 39.4 Å². The monoisotopic (exact) mass is 466 g/mol. The van der Waals surface area contributed by atoms with Crippen molar-refractivity contribution in [1.82, 2.24) is 9.88 Å². The number of pyridine rings is 1. The number of hydrogen-bond donors (Lipinski definition) is 2. The van der Waals surface area contributed by atoms with Crippen molar-refractivity contribution < 1.29 is 14.3 Å². The van der Waals surface area contributed by atoms with E-state index < -0.39 is 0 Å². The van der Waals surface area contributed by atoms with Crippen molar-refractivity contribution >= 4 is 34.8 Å². The van der Waals surface area contributed by atoms with Gasteiger partial charge in [-0.25, -0.2) is 0 Å². The van der Waals surface area contributed by atoms with Gasteiger partial charge in [0.15, 0.2) is 5.78 Å². The number of amidine groups is 1. The second kappa shape index (κ2) is 11.2. The number of amides is 1. The summed E-state index contributed by atoms with van der Waals surface area (Å²) in [7, 11) is 5.07. The third-order valence-corrected chi connectivity index (χ3v) is 5.00. The van der Waals surface area contributed by atoms with Crippen molar-refractivity contribution in [1.29, 1.82) is 5.41 Å². The lowest BCUT2D eigenvalue weighted by atomic mass is 10.0. The lowest BCUT2D eigenvalue weighted by Gasteiger charge is -2.14. The van der Waals surface area contributed by atoms with Gasteiger partial charge in [0.2, 0.25) is 0 Å². The van der Waals surface area contributed by atoms with Gasteiger partial charge in [-0.15, -0.1) is 0 Å². The summed E-state index contributed by atoms with van der Waals surface area (Å²) < 4.78 is 5.25. The minimum atomic E-state index is -0.364. The van der Waals surface area contributed by atoms with E-state index in [1.54, 1.807) is 73.6 Å². The Labute approximate surface area is 198 Å². The second-order valence-corrected chi connectivity index (χ2v) is 7.69. The average Bonchev–Trinajstić information content (AvgIpc) is 2.80. The Bertz CT molecular complexity index is 1140. The number of methoxy groups -OCH3 is 1. The van der Waals surface area contributed by atoms with Gasteiger partial charge in [-0.3, -0.25) is 20.0 Å². The number of ether oxygens (including phenoxy) is 1. The zero-order chi connectivity index (χ0) is 23.3. The molecule has 0 aliphatic rings. The number of carbonyl (C=O) groups excluding carboxylic acids is 2. The second-order valence-electron chi connectivity index (χ2n) is 7.25. The minimum Gasteiger partial charge on any atom is -0.497 e. The number of hydrogen-bond acceptors (Lipinski definition) is 5. The molecule has 1 amide bonds. The number of halogens is 1. The van der Waals surface area contributed by atoms with Gasteiger partial charge >= 0.3 is 0 Å². The summed E-state index contributed by atoms with van der Waals surface area (Å²) in [4.78, 5) is 31.6. The number of ketones is 1. The van der Waals surface area contributed by atoms with Crippen LogP contribution in [0.4, 0.5) is 5.69 Å². The van der Waals surface area contributed by atoms with Crippen molar-refractivity contribution in [3.05, 3.63) is 88.2 Å². The van der Waals surface area contributed by atoms with E-state index in [0.29, 0.717) is 44.7 Å². The molecule has 0 aliphatic heterocycles. The highest BCUT2D eigenvalue weighted by Gasteiger charge is 2.17. The fraction of sp³-hybridized carbons (Fsp3) is 0.200. The third-order valence-electron chi connectivity index (χ3n) is 4.77. The van der Waals surface area contributed by atoms with Gasteiger partial charge in [-0.2, -0.15) is 0 Å². The van der Waals surface area contributed by atoms with Crippen LogP contribution < -0.4 is 10.1 Å². The van der Waals surface area contributed by atoms with Crippen LogP contribution in [0.15, 0.2) is 60.8 Å². The van der Waals surface area contributed by atoms with Gasteiger partial charge in [-0.1, -0.05) is 31.2 Å². The summed E-state index contributed by atoms with van der Waals surface area (Å²) in [5.41, 5.74) is 2.37. The quantitative estimate of drug-likeness (QED) is 0.292. The number of carbonyl (C=O) groups is 2. The molecule has 172 valence electrons. The molecule has 1 aromatic heterocycles. The molecule has 3 rings (SSSR count). The summed E-state index contributed by atoms with van der Waals surface area (Å²) >= 11 is 5.86.